The number of benzene rings is 1. The summed E-state index contributed by atoms with van der Waals surface area (Å²) in [4.78, 5) is 15.1. The number of carbonyl (C=O) groups is 1. The Morgan fingerprint density at radius 1 is 1.13 bits per heavy atom. The minimum atomic E-state index is -3.83. The summed E-state index contributed by atoms with van der Waals surface area (Å²) in [5.74, 6) is 2.59. The molecule has 1 aromatic rings. The highest BCUT2D eigenvalue weighted by atomic mass is 32.2. The van der Waals surface area contributed by atoms with Crippen molar-refractivity contribution in [3.63, 3.8) is 0 Å². The first kappa shape index (κ1) is 22.6. The first-order chi connectivity index (χ1) is 14.4. The molecule has 0 saturated heterocycles. The van der Waals surface area contributed by atoms with Crippen molar-refractivity contribution in [1.29, 1.82) is 0 Å². The van der Waals surface area contributed by atoms with Crippen LogP contribution < -0.4 is 9.46 Å². The zero-order valence-electron chi connectivity index (χ0n) is 19.4. The van der Waals surface area contributed by atoms with E-state index in [0.29, 0.717) is 5.56 Å². The molecule has 0 aromatic heterocycles. The molecular weight excluding hydrogens is 412 g/mol. The summed E-state index contributed by atoms with van der Waals surface area (Å²) >= 11 is 0. The number of nitrogens with one attached hydrogen (secondary N) is 1. The molecule has 0 spiro atoms. The van der Waals surface area contributed by atoms with Crippen LogP contribution in [0.1, 0.15) is 69.7 Å². The van der Waals surface area contributed by atoms with Gasteiger partial charge in [0.2, 0.25) is 10.0 Å². The van der Waals surface area contributed by atoms with Gasteiger partial charge in [0, 0.05) is 24.7 Å². The summed E-state index contributed by atoms with van der Waals surface area (Å²) in [5, 5.41) is 0. The average molecular weight is 449 g/mol. The van der Waals surface area contributed by atoms with E-state index in [2.05, 4.69) is 4.72 Å². The molecule has 1 amide bonds. The molecule has 5 rings (SSSR count). The Morgan fingerprint density at radius 3 is 2.16 bits per heavy atom. The van der Waals surface area contributed by atoms with Gasteiger partial charge in [0.15, 0.2) is 0 Å². The van der Waals surface area contributed by atoms with Crippen LogP contribution in [0.25, 0.3) is 0 Å². The van der Waals surface area contributed by atoms with E-state index in [9.17, 15) is 13.2 Å². The molecule has 1 aromatic carbocycles. The minimum absolute atomic E-state index is 0.000945. The van der Waals surface area contributed by atoms with Crippen LogP contribution in [-0.2, 0) is 10.0 Å². The van der Waals surface area contributed by atoms with Crippen LogP contribution in [0.15, 0.2) is 23.1 Å². The maximum atomic E-state index is 13.3. The predicted octanol–water partition coefficient (Wildman–Crippen LogP) is 4.06. The summed E-state index contributed by atoms with van der Waals surface area (Å²) in [5.41, 5.74) is -0.0182. The first-order valence-electron chi connectivity index (χ1n) is 11.4. The topological polar surface area (TPSA) is 75.7 Å². The Labute approximate surface area is 186 Å². The van der Waals surface area contributed by atoms with Crippen molar-refractivity contribution in [2.24, 2.45) is 23.2 Å². The largest absolute Gasteiger partial charge is 0.495 e. The third-order valence-corrected chi connectivity index (χ3v) is 9.00. The fraction of sp³-hybridized carbons (Fsp3) is 0.708. The van der Waals surface area contributed by atoms with Crippen LogP contribution in [0.5, 0.6) is 5.75 Å². The third kappa shape index (κ3) is 4.63. The number of rotatable bonds is 6. The number of carbonyl (C=O) groups excluding carboxylic acids is 1. The zero-order valence-corrected chi connectivity index (χ0v) is 20.2. The van der Waals surface area contributed by atoms with Crippen LogP contribution in [0.2, 0.25) is 0 Å². The fourth-order valence-corrected chi connectivity index (χ4v) is 8.37. The molecule has 0 aliphatic heterocycles. The molecule has 4 saturated carbocycles. The number of ether oxygens (including phenoxy) is 1. The number of hydrogen-bond donors (Lipinski definition) is 1. The van der Waals surface area contributed by atoms with Gasteiger partial charge in [-0.3, -0.25) is 4.79 Å². The number of nitrogens with zero attached hydrogens (tertiary/aromatic N) is 1. The van der Waals surface area contributed by atoms with Crippen molar-refractivity contribution < 1.29 is 17.9 Å². The van der Waals surface area contributed by atoms with Gasteiger partial charge in [0.05, 0.1) is 7.11 Å². The Kier molecular flexibility index (Phi) is 5.66. The van der Waals surface area contributed by atoms with Gasteiger partial charge in [-0.05, 0) is 101 Å². The monoisotopic (exact) mass is 448 g/mol. The summed E-state index contributed by atoms with van der Waals surface area (Å²) in [6.07, 6.45) is 7.81. The molecule has 4 fully saturated rings. The van der Waals surface area contributed by atoms with E-state index in [0.717, 1.165) is 24.3 Å². The number of methoxy groups -OCH3 is 1. The van der Waals surface area contributed by atoms with Gasteiger partial charge in [-0.25, -0.2) is 13.1 Å². The van der Waals surface area contributed by atoms with Crippen molar-refractivity contribution >= 4 is 15.9 Å². The van der Waals surface area contributed by atoms with E-state index < -0.39 is 15.6 Å². The Hall–Kier alpha value is -1.60. The molecule has 0 atom stereocenters. The van der Waals surface area contributed by atoms with Crippen molar-refractivity contribution in [3.8, 4) is 5.75 Å². The lowest BCUT2D eigenvalue weighted by molar-refractivity contribution is -0.0629. The van der Waals surface area contributed by atoms with Crippen molar-refractivity contribution in [2.75, 3.05) is 20.7 Å². The van der Waals surface area contributed by atoms with Gasteiger partial charge < -0.3 is 9.64 Å². The molecule has 4 aliphatic carbocycles. The lowest BCUT2D eigenvalue weighted by Gasteiger charge is -2.57. The van der Waals surface area contributed by atoms with Crippen molar-refractivity contribution in [1.82, 2.24) is 9.62 Å². The van der Waals surface area contributed by atoms with Crippen LogP contribution in [0.4, 0.5) is 0 Å². The van der Waals surface area contributed by atoms with Crippen LogP contribution >= 0.6 is 0 Å². The molecule has 1 N–H and O–H groups in total. The van der Waals surface area contributed by atoms with Gasteiger partial charge in [-0.1, -0.05) is 0 Å². The maximum Gasteiger partial charge on any atom is 0.253 e. The molecule has 7 heteroatoms. The van der Waals surface area contributed by atoms with Crippen LogP contribution in [0.3, 0.4) is 0 Å². The Balaban J connectivity index is 1.56. The van der Waals surface area contributed by atoms with Gasteiger partial charge in [-0.15, -0.1) is 0 Å². The summed E-state index contributed by atoms with van der Waals surface area (Å²) < 4.78 is 33.9. The zero-order chi connectivity index (χ0) is 22.6. The first-order valence-corrected chi connectivity index (χ1v) is 12.9. The van der Waals surface area contributed by atoms with Crippen LogP contribution in [0, 0.1) is 23.2 Å². The fourth-order valence-electron chi connectivity index (χ4n) is 6.76. The van der Waals surface area contributed by atoms with Gasteiger partial charge in [0.25, 0.3) is 5.91 Å². The molecular formula is C24H36N2O4S. The Bertz CT molecular complexity index is 929. The van der Waals surface area contributed by atoms with E-state index in [1.54, 1.807) is 32.9 Å². The quantitative estimate of drug-likeness (QED) is 0.712. The van der Waals surface area contributed by atoms with Crippen molar-refractivity contribution in [2.45, 2.75) is 69.7 Å². The lowest BCUT2D eigenvalue weighted by atomic mass is 9.49. The van der Waals surface area contributed by atoms with Crippen molar-refractivity contribution in [3.05, 3.63) is 23.8 Å². The molecule has 4 bridgehead atoms. The minimum Gasteiger partial charge on any atom is -0.495 e. The molecule has 0 heterocycles. The molecule has 6 nitrogen and oxygen atoms in total. The lowest BCUT2D eigenvalue weighted by Crippen LogP contribution is -2.51. The van der Waals surface area contributed by atoms with Crippen LogP contribution in [-0.4, -0.2) is 45.5 Å². The van der Waals surface area contributed by atoms with E-state index in [-0.39, 0.29) is 22.0 Å². The third-order valence-electron chi connectivity index (χ3n) is 7.22. The molecule has 172 valence electrons. The summed E-state index contributed by atoms with van der Waals surface area (Å²) in [6, 6.07) is 4.68. The second kappa shape index (κ2) is 7.77. The molecule has 0 unspecified atom stereocenters. The van der Waals surface area contributed by atoms with E-state index >= 15 is 0 Å². The standard InChI is InChI=1S/C24H36N2O4S/c1-23(2,3)25-31(28,29)21-11-19(6-7-20(21)30-5)22(27)26(4)15-24-12-16-8-17(13-24)10-18(9-16)14-24/h6-7,11,16-18,25H,8-10,12-15H2,1-5H3. The molecule has 4 aliphatic rings. The predicted molar refractivity (Wildman–Crippen MR) is 121 cm³/mol. The smallest absolute Gasteiger partial charge is 0.253 e. The summed E-state index contributed by atoms with van der Waals surface area (Å²) in [6.45, 7) is 6.10. The summed E-state index contributed by atoms with van der Waals surface area (Å²) in [7, 11) is -0.541. The number of sulfonamides is 1. The molecule has 31 heavy (non-hydrogen) atoms. The van der Waals surface area contributed by atoms with E-state index in [1.165, 1.54) is 51.7 Å². The maximum absolute atomic E-state index is 13.3. The van der Waals surface area contributed by atoms with Gasteiger partial charge in [0.1, 0.15) is 10.6 Å². The highest BCUT2D eigenvalue weighted by molar-refractivity contribution is 7.89. The Morgan fingerprint density at radius 2 is 1.68 bits per heavy atom. The van der Waals surface area contributed by atoms with Gasteiger partial charge in [-0.2, -0.15) is 0 Å². The highest BCUT2D eigenvalue weighted by Gasteiger charge is 2.51. The molecule has 0 radical (unpaired) electrons. The SMILES string of the molecule is COc1ccc(C(=O)N(C)CC23CC4CC(CC(C4)C2)C3)cc1S(=O)(=O)NC(C)(C)C. The average Bonchev–Trinajstić information content (AvgIpc) is 2.63. The highest BCUT2D eigenvalue weighted by Crippen LogP contribution is 2.60. The second-order valence-corrected chi connectivity index (χ2v) is 13.0. The van der Waals surface area contributed by atoms with Gasteiger partial charge >= 0.3 is 0 Å². The second-order valence-electron chi connectivity index (χ2n) is 11.3. The normalized spacial score (nSPS) is 29.8. The number of hydrogen-bond acceptors (Lipinski definition) is 4. The number of amides is 1. The van der Waals surface area contributed by atoms with E-state index in [4.69, 9.17) is 4.74 Å². The van der Waals surface area contributed by atoms with E-state index in [1.807, 2.05) is 11.9 Å².